The smallest absolute Gasteiger partial charge is 0.208 e. The van der Waals surface area contributed by atoms with Gasteiger partial charge in [-0.15, -0.1) is 0 Å². The largest absolute Gasteiger partial charge is 0.496 e. The van der Waals surface area contributed by atoms with Crippen molar-refractivity contribution < 1.29 is 18.6 Å². The van der Waals surface area contributed by atoms with Crippen LogP contribution < -0.4 is 14.2 Å². The first-order chi connectivity index (χ1) is 12.1. The van der Waals surface area contributed by atoms with E-state index in [-0.39, 0.29) is 0 Å². The lowest BCUT2D eigenvalue weighted by Gasteiger charge is -2.26. The molecule has 0 amide bonds. The van der Waals surface area contributed by atoms with Gasteiger partial charge in [0.15, 0.2) is 0 Å². The highest BCUT2D eigenvalue weighted by molar-refractivity contribution is 5.77. The van der Waals surface area contributed by atoms with Gasteiger partial charge in [-0.1, -0.05) is 6.08 Å². The summed E-state index contributed by atoms with van der Waals surface area (Å²) in [6.45, 7) is 4.38. The number of benzene rings is 1. The summed E-state index contributed by atoms with van der Waals surface area (Å²) in [7, 11) is 4.96. The molecule has 0 saturated heterocycles. The van der Waals surface area contributed by atoms with Crippen LogP contribution in [0, 0.1) is 6.92 Å². The summed E-state index contributed by atoms with van der Waals surface area (Å²) < 4.78 is 22.0. The zero-order valence-electron chi connectivity index (χ0n) is 15.2. The predicted molar refractivity (Wildman–Crippen MR) is 95.2 cm³/mol. The fraction of sp³-hybridized carbons (Fsp3) is 0.421. The monoisotopic (exact) mass is 344 g/mol. The summed E-state index contributed by atoms with van der Waals surface area (Å²) in [5.41, 5.74) is 2.22. The second kappa shape index (κ2) is 7.61. The van der Waals surface area contributed by atoms with Gasteiger partial charge in [-0.05, 0) is 18.9 Å². The molecule has 6 heteroatoms. The Balaban J connectivity index is 1.81. The van der Waals surface area contributed by atoms with E-state index in [2.05, 4.69) is 16.0 Å². The molecule has 134 valence electrons. The fourth-order valence-corrected chi connectivity index (χ4v) is 3.07. The van der Waals surface area contributed by atoms with Crippen LogP contribution in [0.25, 0.3) is 5.57 Å². The van der Waals surface area contributed by atoms with Gasteiger partial charge in [0.25, 0.3) is 0 Å². The average molecular weight is 344 g/mol. The molecule has 25 heavy (non-hydrogen) atoms. The molecular weight excluding hydrogens is 320 g/mol. The van der Waals surface area contributed by atoms with E-state index in [1.165, 1.54) is 5.57 Å². The molecule has 0 radical (unpaired) electrons. The van der Waals surface area contributed by atoms with Crippen molar-refractivity contribution in [2.75, 3.05) is 34.4 Å². The molecule has 6 nitrogen and oxygen atoms in total. The van der Waals surface area contributed by atoms with Crippen molar-refractivity contribution in [1.82, 2.24) is 9.88 Å². The second-order valence-electron chi connectivity index (χ2n) is 5.99. The third-order valence-corrected chi connectivity index (χ3v) is 4.36. The van der Waals surface area contributed by atoms with E-state index < -0.39 is 0 Å². The van der Waals surface area contributed by atoms with Crippen molar-refractivity contribution in [3.63, 3.8) is 0 Å². The lowest BCUT2D eigenvalue weighted by Crippen LogP contribution is -2.28. The summed E-state index contributed by atoms with van der Waals surface area (Å²) in [5, 5.41) is 0. The minimum absolute atomic E-state index is 0.717. The molecule has 0 bridgehead atoms. The van der Waals surface area contributed by atoms with Crippen LogP contribution in [0.2, 0.25) is 0 Å². The molecule has 1 aliphatic rings. The van der Waals surface area contributed by atoms with Crippen LogP contribution >= 0.6 is 0 Å². The zero-order chi connectivity index (χ0) is 17.8. The Kier molecular flexibility index (Phi) is 5.28. The average Bonchev–Trinajstić information content (AvgIpc) is 3.06. The number of hydrogen-bond donors (Lipinski definition) is 0. The quantitative estimate of drug-likeness (QED) is 0.801. The number of ether oxygens (including phenoxy) is 3. The summed E-state index contributed by atoms with van der Waals surface area (Å²) >= 11 is 0. The number of rotatable bonds is 6. The van der Waals surface area contributed by atoms with Gasteiger partial charge in [0, 0.05) is 25.2 Å². The third kappa shape index (κ3) is 3.79. The van der Waals surface area contributed by atoms with Gasteiger partial charge in [-0.2, -0.15) is 0 Å². The third-order valence-electron chi connectivity index (χ3n) is 4.36. The highest BCUT2D eigenvalue weighted by atomic mass is 16.5. The molecule has 0 unspecified atom stereocenters. The molecule has 0 aliphatic carbocycles. The van der Waals surface area contributed by atoms with E-state index in [0.717, 1.165) is 54.0 Å². The van der Waals surface area contributed by atoms with Crippen LogP contribution in [0.5, 0.6) is 17.2 Å². The van der Waals surface area contributed by atoms with Crippen molar-refractivity contribution >= 4 is 5.57 Å². The SMILES string of the molecule is COc1cc(OC)c(C2=CCN(Cc3ncc(C)o3)CC2)c(OC)c1. The molecule has 3 rings (SSSR count). The van der Waals surface area contributed by atoms with Crippen LogP contribution in [0.1, 0.15) is 23.6 Å². The molecule has 0 atom stereocenters. The van der Waals surface area contributed by atoms with Crippen LogP contribution in [0.3, 0.4) is 0 Å². The maximum absolute atomic E-state index is 5.57. The van der Waals surface area contributed by atoms with Gasteiger partial charge in [0.05, 0.1) is 39.6 Å². The number of methoxy groups -OCH3 is 3. The van der Waals surface area contributed by atoms with E-state index in [9.17, 15) is 0 Å². The van der Waals surface area contributed by atoms with Gasteiger partial charge in [0.1, 0.15) is 23.0 Å². The highest BCUT2D eigenvalue weighted by Crippen LogP contribution is 2.40. The first-order valence-electron chi connectivity index (χ1n) is 8.27. The summed E-state index contributed by atoms with van der Waals surface area (Å²) in [6.07, 6.45) is 4.87. The minimum Gasteiger partial charge on any atom is -0.496 e. The molecule has 1 aliphatic heterocycles. The topological polar surface area (TPSA) is 57.0 Å². The zero-order valence-corrected chi connectivity index (χ0v) is 15.2. The predicted octanol–water partition coefficient (Wildman–Crippen LogP) is 3.30. The summed E-state index contributed by atoms with van der Waals surface area (Å²) in [5.74, 6) is 3.85. The van der Waals surface area contributed by atoms with Gasteiger partial charge in [0.2, 0.25) is 5.89 Å². The van der Waals surface area contributed by atoms with E-state index in [4.69, 9.17) is 18.6 Å². The first-order valence-corrected chi connectivity index (χ1v) is 8.27. The van der Waals surface area contributed by atoms with Crippen LogP contribution in [0.4, 0.5) is 0 Å². The van der Waals surface area contributed by atoms with E-state index in [1.54, 1.807) is 27.5 Å². The molecule has 0 fully saturated rings. The Hall–Kier alpha value is -2.47. The minimum atomic E-state index is 0.717. The number of hydrogen-bond acceptors (Lipinski definition) is 6. The molecule has 0 N–H and O–H groups in total. The van der Waals surface area contributed by atoms with Crippen molar-refractivity contribution in [2.24, 2.45) is 0 Å². The second-order valence-corrected chi connectivity index (χ2v) is 5.99. The molecular formula is C19H24N2O4. The molecule has 2 aromatic rings. The normalized spacial score (nSPS) is 15.0. The Morgan fingerprint density at radius 3 is 2.32 bits per heavy atom. The van der Waals surface area contributed by atoms with E-state index in [0.29, 0.717) is 6.54 Å². The maximum Gasteiger partial charge on any atom is 0.208 e. The van der Waals surface area contributed by atoms with Crippen molar-refractivity contribution in [1.29, 1.82) is 0 Å². The number of oxazole rings is 1. The Labute approximate surface area is 148 Å². The molecule has 1 aromatic heterocycles. The van der Waals surface area contributed by atoms with Gasteiger partial charge < -0.3 is 18.6 Å². The standard InChI is InChI=1S/C19H24N2O4/c1-13-11-20-18(25-13)12-21-7-5-14(6-8-21)19-16(23-3)9-15(22-2)10-17(19)24-4/h5,9-11H,6-8,12H2,1-4H3. The van der Waals surface area contributed by atoms with Crippen molar-refractivity contribution in [2.45, 2.75) is 19.9 Å². The van der Waals surface area contributed by atoms with Crippen molar-refractivity contribution in [3.05, 3.63) is 41.6 Å². The Bertz CT molecular complexity index is 742. The molecule has 1 aromatic carbocycles. The number of nitrogens with zero attached hydrogens (tertiary/aromatic N) is 2. The lowest BCUT2D eigenvalue weighted by atomic mass is 9.97. The number of aromatic nitrogens is 1. The van der Waals surface area contributed by atoms with Crippen LogP contribution in [-0.4, -0.2) is 44.3 Å². The summed E-state index contributed by atoms with van der Waals surface area (Å²) in [6, 6.07) is 3.78. The van der Waals surface area contributed by atoms with Gasteiger partial charge in [-0.25, -0.2) is 4.98 Å². The molecule has 2 heterocycles. The number of aryl methyl sites for hydroxylation is 1. The molecule has 0 saturated carbocycles. The van der Waals surface area contributed by atoms with Gasteiger partial charge in [-0.3, -0.25) is 4.90 Å². The van der Waals surface area contributed by atoms with E-state index in [1.807, 2.05) is 19.1 Å². The fourth-order valence-electron chi connectivity index (χ4n) is 3.07. The summed E-state index contributed by atoms with van der Waals surface area (Å²) in [4.78, 5) is 6.58. The Morgan fingerprint density at radius 2 is 1.84 bits per heavy atom. The Morgan fingerprint density at radius 1 is 1.12 bits per heavy atom. The van der Waals surface area contributed by atoms with E-state index >= 15 is 0 Å². The first kappa shape index (κ1) is 17.4. The van der Waals surface area contributed by atoms with Crippen LogP contribution in [-0.2, 0) is 6.54 Å². The maximum atomic E-state index is 5.57. The van der Waals surface area contributed by atoms with Crippen LogP contribution in [0.15, 0.2) is 28.8 Å². The molecule has 0 spiro atoms. The van der Waals surface area contributed by atoms with Gasteiger partial charge >= 0.3 is 0 Å². The van der Waals surface area contributed by atoms with Crippen molar-refractivity contribution in [3.8, 4) is 17.2 Å². The highest BCUT2D eigenvalue weighted by Gasteiger charge is 2.21. The lowest BCUT2D eigenvalue weighted by molar-refractivity contribution is 0.259.